The molecule has 1 heterocycles. The van der Waals surface area contributed by atoms with E-state index in [1.54, 1.807) is 4.90 Å². The van der Waals surface area contributed by atoms with Gasteiger partial charge in [-0.15, -0.1) is 11.6 Å². The summed E-state index contributed by atoms with van der Waals surface area (Å²) in [5, 5.41) is 0.0452. The van der Waals surface area contributed by atoms with E-state index in [1.807, 2.05) is 6.92 Å². The maximum Gasteiger partial charge on any atom is 0.256 e. The molecular formula is C14H16ClF2NO. The van der Waals surface area contributed by atoms with Crippen molar-refractivity contribution in [1.29, 1.82) is 0 Å². The highest BCUT2D eigenvalue weighted by atomic mass is 35.5. The van der Waals surface area contributed by atoms with Crippen molar-refractivity contribution in [3.8, 4) is 0 Å². The van der Waals surface area contributed by atoms with E-state index in [0.717, 1.165) is 6.07 Å². The number of alkyl halides is 1. The number of nitrogens with zero attached hydrogens (tertiary/aromatic N) is 1. The van der Waals surface area contributed by atoms with Gasteiger partial charge in [0, 0.05) is 24.5 Å². The summed E-state index contributed by atoms with van der Waals surface area (Å²) in [4.78, 5) is 13.8. The van der Waals surface area contributed by atoms with E-state index in [4.69, 9.17) is 11.6 Å². The van der Waals surface area contributed by atoms with Crippen LogP contribution in [0.15, 0.2) is 12.1 Å². The van der Waals surface area contributed by atoms with Crippen LogP contribution in [0.3, 0.4) is 0 Å². The molecule has 1 aliphatic rings. The Kier molecular flexibility index (Phi) is 4.09. The van der Waals surface area contributed by atoms with E-state index >= 15 is 0 Å². The zero-order valence-corrected chi connectivity index (χ0v) is 11.7. The summed E-state index contributed by atoms with van der Waals surface area (Å²) in [6.07, 6.45) is 0.691. The molecule has 1 aliphatic heterocycles. The molecule has 1 amide bonds. The molecule has 2 rings (SSSR count). The van der Waals surface area contributed by atoms with Gasteiger partial charge in [0.25, 0.3) is 5.91 Å². The molecule has 0 aliphatic carbocycles. The van der Waals surface area contributed by atoms with Gasteiger partial charge in [0.05, 0.1) is 5.56 Å². The van der Waals surface area contributed by atoms with Gasteiger partial charge in [-0.1, -0.05) is 6.92 Å². The zero-order chi connectivity index (χ0) is 14.2. The number of halogens is 3. The average Bonchev–Trinajstić information content (AvgIpc) is 2.36. The Morgan fingerprint density at radius 3 is 2.68 bits per heavy atom. The first kappa shape index (κ1) is 14.3. The monoisotopic (exact) mass is 287 g/mol. The standard InChI is InChI=1S/C14H16ClF2NO/c1-8-5-10(13(17)6-12(8)16)14(19)18-4-3-11(15)9(2)7-18/h5-6,9,11H,3-4,7H2,1-2H3. The average molecular weight is 288 g/mol. The van der Waals surface area contributed by atoms with Crippen molar-refractivity contribution in [2.24, 2.45) is 5.92 Å². The van der Waals surface area contributed by atoms with E-state index < -0.39 is 17.5 Å². The summed E-state index contributed by atoms with van der Waals surface area (Å²) in [6.45, 7) is 4.48. The number of piperidine rings is 1. The Morgan fingerprint density at radius 1 is 1.37 bits per heavy atom. The second-order valence-corrected chi connectivity index (χ2v) is 5.67. The highest BCUT2D eigenvalue weighted by Crippen LogP contribution is 2.24. The van der Waals surface area contributed by atoms with Crippen LogP contribution in [-0.2, 0) is 0 Å². The van der Waals surface area contributed by atoms with Gasteiger partial charge in [0.2, 0.25) is 0 Å². The number of hydrogen-bond donors (Lipinski definition) is 0. The number of carbonyl (C=O) groups is 1. The van der Waals surface area contributed by atoms with Crippen LogP contribution >= 0.6 is 11.6 Å². The molecule has 2 unspecified atom stereocenters. The lowest BCUT2D eigenvalue weighted by Gasteiger charge is -2.34. The van der Waals surface area contributed by atoms with Crippen LogP contribution in [0.4, 0.5) is 8.78 Å². The fraction of sp³-hybridized carbons (Fsp3) is 0.500. The minimum Gasteiger partial charge on any atom is -0.338 e. The second-order valence-electron chi connectivity index (χ2n) is 5.11. The predicted octanol–water partition coefficient (Wildman–Crippen LogP) is 3.36. The highest BCUT2D eigenvalue weighted by Gasteiger charge is 2.29. The van der Waals surface area contributed by atoms with Gasteiger partial charge in [-0.2, -0.15) is 0 Å². The van der Waals surface area contributed by atoms with Gasteiger partial charge in [-0.05, 0) is 30.9 Å². The normalized spacial score (nSPS) is 23.5. The second kappa shape index (κ2) is 5.45. The Labute approximate surface area is 116 Å². The van der Waals surface area contributed by atoms with Crippen molar-refractivity contribution in [3.63, 3.8) is 0 Å². The summed E-state index contributed by atoms with van der Waals surface area (Å²) in [5.74, 6) is -1.67. The molecule has 0 radical (unpaired) electrons. The van der Waals surface area contributed by atoms with Gasteiger partial charge in [0.1, 0.15) is 11.6 Å². The molecule has 0 spiro atoms. The van der Waals surface area contributed by atoms with Crippen molar-refractivity contribution in [3.05, 3.63) is 34.9 Å². The Balaban J connectivity index is 2.23. The highest BCUT2D eigenvalue weighted by molar-refractivity contribution is 6.20. The molecule has 1 fully saturated rings. The Hall–Kier alpha value is -1.16. The molecule has 2 nitrogen and oxygen atoms in total. The number of rotatable bonds is 1. The van der Waals surface area contributed by atoms with Crippen molar-refractivity contribution < 1.29 is 13.6 Å². The summed E-state index contributed by atoms with van der Waals surface area (Å²) in [5.41, 5.74) is 0.198. The zero-order valence-electron chi connectivity index (χ0n) is 10.9. The summed E-state index contributed by atoms with van der Waals surface area (Å²) in [6, 6.07) is 2.03. The minimum atomic E-state index is -0.811. The quantitative estimate of drug-likeness (QED) is 0.725. The van der Waals surface area contributed by atoms with Crippen molar-refractivity contribution in [2.75, 3.05) is 13.1 Å². The number of benzene rings is 1. The van der Waals surface area contributed by atoms with Gasteiger partial charge in [-0.3, -0.25) is 4.79 Å². The van der Waals surface area contributed by atoms with Crippen LogP contribution in [0.2, 0.25) is 0 Å². The molecule has 1 aromatic carbocycles. The summed E-state index contributed by atoms with van der Waals surface area (Å²) >= 11 is 6.10. The number of likely N-dealkylation sites (tertiary alicyclic amines) is 1. The topological polar surface area (TPSA) is 20.3 Å². The first-order valence-electron chi connectivity index (χ1n) is 6.29. The fourth-order valence-electron chi connectivity index (χ4n) is 2.29. The molecule has 0 N–H and O–H groups in total. The third-order valence-electron chi connectivity index (χ3n) is 3.57. The number of hydrogen-bond acceptors (Lipinski definition) is 1. The van der Waals surface area contributed by atoms with E-state index in [1.165, 1.54) is 13.0 Å². The Morgan fingerprint density at radius 2 is 2.05 bits per heavy atom. The van der Waals surface area contributed by atoms with Crippen molar-refractivity contribution in [1.82, 2.24) is 4.90 Å². The van der Waals surface area contributed by atoms with Gasteiger partial charge < -0.3 is 4.90 Å². The van der Waals surface area contributed by atoms with E-state index in [9.17, 15) is 13.6 Å². The number of amides is 1. The molecule has 1 saturated heterocycles. The lowest BCUT2D eigenvalue weighted by Crippen LogP contribution is -2.43. The molecule has 19 heavy (non-hydrogen) atoms. The third-order valence-corrected chi connectivity index (χ3v) is 4.21. The van der Waals surface area contributed by atoms with E-state index in [-0.39, 0.29) is 22.4 Å². The molecule has 0 saturated carbocycles. The molecule has 2 atom stereocenters. The van der Waals surface area contributed by atoms with Crippen LogP contribution in [-0.4, -0.2) is 29.3 Å². The van der Waals surface area contributed by atoms with Crippen LogP contribution in [0, 0.1) is 24.5 Å². The van der Waals surface area contributed by atoms with Crippen LogP contribution in [0.1, 0.15) is 29.3 Å². The molecule has 5 heteroatoms. The molecule has 0 aromatic heterocycles. The maximum absolute atomic E-state index is 13.7. The predicted molar refractivity (Wildman–Crippen MR) is 70.4 cm³/mol. The van der Waals surface area contributed by atoms with E-state index in [2.05, 4.69) is 0 Å². The molecular weight excluding hydrogens is 272 g/mol. The first-order chi connectivity index (χ1) is 8.90. The van der Waals surface area contributed by atoms with E-state index in [0.29, 0.717) is 19.5 Å². The molecule has 104 valence electrons. The first-order valence-corrected chi connectivity index (χ1v) is 6.72. The lowest BCUT2D eigenvalue weighted by molar-refractivity contribution is 0.0682. The Bertz CT molecular complexity index is 506. The third kappa shape index (κ3) is 2.89. The number of aryl methyl sites for hydroxylation is 1. The summed E-state index contributed by atoms with van der Waals surface area (Å²) < 4.78 is 26.9. The van der Waals surface area contributed by atoms with Crippen LogP contribution in [0.5, 0.6) is 0 Å². The van der Waals surface area contributed by atoms with Crippen molar-refractivity contribution in [2.45, 2.75) is 25.6 Å². The van der Waals surface area contributed by atoms with Gasteiger partial charge >= 0.3 is 0 Å². The fourth-order valence-corrected chi connectivity index (χ4v) is 2.47. The maximum atomic E-state index is 13.7. The largest absolute Gasteiger partial charge is 0.338 e. The minimum absolute atomic E-state index is 0.0452. The SMILES string of the molecule is Cc1cc(C(=O)N2CCC(Cl)C(C)C2)c(F)cc1F. The summed E-state index contributed by atoms with van der Waals surface area (Å²) in [7, 11) is 0. The lowest BCUT2D eigenvalue weighted by atomic mass is 9.98. The van der Waals surface area contributed by atoms with Gasteiger partial charge in [0.15, 0.2) is 0 Å². The number of carbonyl (C=O) groups excluding carboxylic acids is 1. The van der Waals surface area contributed by atoms with Crippen LogP contribution < -0.4 is 0 Å². The smallest absolute Gasteiger partial charge is 0.256 e. The van der Waals surface area contributed by atoms with Crippen LogP contribution in [0.25, 0.3) is 0 Å². The van der Waals surface area contributed by atoms with Crippen molar-refractivity contribution >= 4 is 17.5 Å². The molecule has 0 bridgehead atoms. The van der Waals surface area contributed by atoms with Gasteiger partial charge in [-0.25, -0.2) is 8.78 Å². The molecule has 1 aromatic rings.